The number of nitrogens with zero attached hydrogens (tertiary/aromatic N) is 4. The Labute approximate surface area is 99.6 Å². The first-order valence-corrected chi connectivity index (χ1v) is 5.57. The predicted octanol–water partition coefficient (Wildman–Crippen LogP) is 1.38. The Morgan fingerprint density at radius 1 is 1.18 bits per heavy atom. The molecule has 5 heteroatoms. The topological polar surface area (TPSA) is 71.8 Å². The van der Waals surface area contributed by atoms with Gasteiger partial charge in [-0.05, 0) is 6.42 Å². The lowest BCUT2D eigenvalue weighted by Crippen LogP contribution is -2.02. The fourth-order valence-electron chi connectivity index (χ4n) is 1.57. The third-order valence-electron chi connectivity index (χ3n) is 2.40. The van der Waals surface area contributed by atoms with Gasteiger partial charge in [0.1, 0.15) is 5.69 Å². The van der Waals surface area contributed by atoms with Gasteiger partial charge in [-0.3, -0.25) is 4.98 Å². The van der Waals surface area contributed by atoms with Gasteiger partial charge in [0.25, 0.3) is 0 Å². The molecular weight excluding hydrogens is 216 g/mol. The molecule has 0 aromatic carbocycles. The van der Waals surface area contributed by atoms with E-state index in [2.05, 4.69) is 26.9 Å². The molecule has 0 bridgehead atoms. The molecule has 0 unspecified atom stereocenters. The molecule has 0 amide bonds. The quantitative estimate of drug-likeness (QED) is 0.859. The summed E-state index contributed by atoms with van der Waals surface area (Å²) in [4.78, 5) is 16.8. The fraction of sp³-hybridized carbons (Fsp3) is 0.333. The molecule has 88 valence electrons. The van der Waals surface area contributed by atoms with Crippen molar-refractivity contribution in [2.24, 2.45) is 0 Å². The molecule has 0 aliphatic heterocycles. The molecule has 1 N–H and O–H groups in total. The predicted molar refractivity (Wildman–Crippen MR) is 63.0 cm³/mol. The van der Waals surface area contributed by atoms with Gasteiger partial charge < -0.3 is 5.11 Å². The van der Waals surface area contributed by atoms with E-state index in [9.17, 15) is 5.11 Å². The molecule has 0 radical (unpaired) electrons. The first-order chi connectivity index (χ1) is 8.35. The van der Waals surface area contributed by atoms with Crippen molar-refractivity contribution >= 4 is 0 Å². The van der Waals surface area contributed by atoms with E-state index >= 15 is 0 Å². The van der Waals surface area contributed by atoms with Crippen LogP contribution in [-0.2, 0) is 13.0 Å². The summed E-state index contributed by atoms with van der Waals surface area (Å²) >= 11 is 0. The second kappa shape index (κ2) is 5.45. The van der Waals surface area contributed by atoms with Gasteiger partial charge in [0.2, 0.25) is 0 Å². The summed E-state index contributed by atoms with van der Waals surface area (Å²) < 4.78 is 0. The Bertz CT molecular complexity index is 487. The van der Waals surface area contributed by atoms with Gasteiger partial charge in [-0.1, -0.05) is 13.3 Å². The second-order valence-corrected chi connectivity index (χ2v) is 3.66. The zero-order chi connectivity index (χ0) is 12.1. The van der Waals surface area contributed by atoms with Gasteiger partial charge in [-0.25, -0.2) is 15.0 Å². The van der Waals surface area contributed by atoms with Crippen molar-refractivity contribution < 1.29 is 5.11 Å². The summed E-state index contributed by atoms with van der Waals surface area (Å²) in [6.07, 6.45) is 8.30. The van der Waals surface area contributed by atoms with E-state index in [1.807, 2.05) is 0 Å². The highest BCUT2D eigenvalue weighted by molar-refractivity contribution is 5.47. The molecule has 2 aromatic heterocycles. The Balaban J connectivity index is 2.40. The SMILES string of the molecule is CCCc1nc(-c2cnccn2)ncc1CO. The van der Waals surface area contributed by atoms with Crippen LogP contribution >= 0.6 is 0 Å². The van der Waals surface area contributed by atoms with Crippen LogP contribution in [-0.4, -0.2) is 25.0 Å². The molecule has 0 aliphatic rings. The molecule has 0 atom stereocenters. The number of hydrogen-bond donors (Lipinski definition) is 1. The van der Waals surface area contributed by atoms with Crippen molar-refractivity contribution in [3.8, 4) is 11.5 Å². The van der Waals surface area contributed by atoms with Crippen LogP contribution in [0.1, 0.15) is 24.6 Å². The largest absolute Gasteiger partial charge is 0.392 e. The molecule has 2 aromatic rings. The first kappa shape index (κ1) is 11.6. The van der Waals surface area contributed by atoms with Crippen molar-refractivity contribution in [2.75, 3.05) is 0 Å². The van der Waals surface area contributed by atoms with Crippen LogP contribution in [0.4, 0.5) is 0 Å². The van der Waals surface area contributed by atoms with E-state index in [0.717, 1.165) is 24.1 Å². The Kier molecular flexibility index (Phi) is 3.72. The molecule has 0 fully saturated rings. The summed E-state index contributed by atoms with van der Waals surface area (Å²) in [6, 6.07) is 0. The summed E-state index contributed by atoms with van der Waals surface area (Å²) in [5, 5.41) is 9.20. The maximum absolute atomic E-state index is 9.20. The lowest BCUT2D eigenvalue weighted by Gasteiger charge is -2.06. The summed E-state index contributed by atoms with van der Waals surface area (Å²) in [5.41, 5.74) is 2.31. The third-order valence-corrected chi connectivity index (χ3v) is 2.40. The summed E-state index contributed by atoms with van der Waals surface area (Å²) in [5.74, 6) is 0.554. The Morgan fingerprint density at radius 2 is 2.06 bits per heavy atom. The van der Waals surface area contributed by atoms with Crippen LogP contribution in [0.3, 0.4) is 0 Å². The lowest BCUT2D eigenvalue weighted by molar-refractivity contribution is 0.279. The number of hydrogen-bond acceptors (Lipinski definition) is 5. The maximum Gasteiger partial charge on any atom is 0.179 e. The van der Waals surface area contributed by atoms with Gasteiger partial charge in [-0.2, -0.15) is 0 Å². The number of aliphatic hydroxyl groups is 1. The highest BCUT2D eigenvalue weighted by atomic mass is 16.3. The molecule has 0 aliphatic carbocycles. The highest BCUT2D eigenvalue weighted by Crippen LogP contribution is 2.14. The van der Waals surface area contributed by atoms with Crippen molar-refractivity contribution in [3.05, 3.63) is 36.0 Å². The molecule has 5 nitrogen and oxygen atoms in total. The summed E-state index contributed by atoms with van der Waals surface area (Å²) in [7, 11) is 0. The first-order valence-electron chi connectivity index (χ1n) is 5.57. The minimum absolute atomic E-state index is 0.0317. The van der Waals surface area contributed by atoms with Gasteiger partial charge in [0.05, 0.1) is 18.5 Å². The highest BCUT2D eigenvalue weighted by Gasteiger charge is 2.08. The standard InChI is InChI=1S/C12H14N4O/c1-2-3-10-9(8-17)6-15-12(16-10)11-7-13-4-5-14-11/h4-7,17H,2-3,8H2,1H3. The lowest BCUT2D eigenvalue weighted by atomic mass is 10.1. The second-order valence-electron chi connectivity index (χ2n) is 3.66. The van der Waals surface area contributed by atoms with Gasteiger partial charge in [-0.15, -0.1) is 0 Å². The monoisotopic (exact) mass is 230 g/mol. The minimum atomic E-state index is -0.0317. The van der Waals surface area contributed by atoms with Crippen molar-refractivity contribution in [1.29, 1.82) is 0 Å². The van der Waals surface area contributed by atoms with Crippen LogP contribution in [0.2, 0.25) is 0 Å². The van der Waals surface area contributed by atoms with Gasteiger partial charge in [0.15, 0.2) is 5.82 Å². The molecule has 2 rings (SSSR count). The van der Waals surface area contributed by atoms with E-state index in [0.29, 0.717) is 11.5 Å². The molecule has 2 heterocycles. The third kappa shape index (κ3) is 2.62. The van der Waals surface area contributed by atoms with Crippen LogP contribution < -0.4 is 0 Å². The van der Waals surface area contributed by atoms with Gasteiger partial charge >= 0.3 is 0 Å². The normalized spacial score (nSPS) is 10.5. The average Bonchev–Trinajstić information content (AvgIpc) is 2.40. The van der Waals surface area contributed by atoms with E-state index < -0.39 is 0 Å². The zero-order valence-corrected chi connectivity index (χ0v) is 9.67. The Morgan fingerprint density at radius 3 is 2.71 bits per heavy atom. The maximum atomic E-state index is 9.20. The summed E-state index contributed by atoms with van der Waals surface area (Å²) in [6.45, 7) is 2.04. The van der Waals surface area contributed by atoms with E-state index in [4.69, 9.17) is 0 Å². The average molecular weight is 230 g/mol. The smallest absolute Gasteiger partial charge is 0.179 e. The number of aromatic nitrogens is 4. The zero-order valence-electron chi connectivity index (χ0n) is 9.67. The van der Waals surface area contributed by atoms with Crippen LogP contribution in [0, 0.1) is 0 Å². The van der Waals surface area contributed by atoms with Crippen LogP contribution in [0.15, 0.2) is 24.8 Å². The molecule has 0 spiro atoms. The number of aryl methyl sites for hydroxylation is 1. The van der Waals surface area contributed by atoms with Crippen molar-refractivity contribution in [2.45, 2.75) is 26.4 Å². The molecular formula is C12H14N4O. The van der Waals surface area contributed by atoms with E-state index in [1.165, 1.54) is 0 Å². The Hall–Kier alpha value is -1.88. The van der Waals surface area contributed by atoms with Gasteiger partial charge in [0, 0.05) is 24.2 Å². The van der Waals surface area contributed by atoms with E-state index in [-0.39, 0.29) is 6.61 Å². The molecule has 0 saturated carbocycles. The van der Waals surface area contributed by atoms with Crippen molar-refractivity contribution in [3.63, 3.8) is 0 Å². The van der Waals surface area contributed by atoms with Crippen molar-refractivity contribution in [1.82, 2.24) is 19.9 Å². The molecule has 0 saturated heterocycles. The molecule has 17 heavy (non-hydrogen) atoms. The van der Waals surface area contributed by atoms with Crippen LogP contribution in [0.25, 0.3) is 11.5 Å². The fourth-order valence-corrected chi connectivity index (χ4v) is 1.57. The van der Waals surface area contributed by atoms with E-state index in [1.54, 1.807) is 24.8 Å². The van der Waals surface area contributed by atoms with Crippen LogP contribution in [0.5, 0.6) is 0 Å². The number of aliphatic hydroxyl groups excluding tert-OH is 1. The number of rotatable bonds is 4. The minimum Gasteiger partial charge on any atom is -0.392 e.